The number of anilines is 1. The van der Waals surface area contributed by atoms with E-state index in [4.69, 9.17) is 0 Å². The van der Waals surface area contributed by atoms with Crippen molar-refractivity contribution in [3.05, 3.63) is 52.6 Å². The Labute approximate surface area is 156 Å². The summed E-state index contributed by atoms with van der Waals surface area (Å²) in [6, 6.07) is 6.41. The van der Waals surface area contributed by atoms with E-state index >= 15 is 0 Å². The van der Waals surface area contributed by atoms with Crippen LogP contribution in [0.25, 0.3) is 0 Å². The van der Waals surface area contributed by atoms with E-state index in [2.05, 4.69) is 60.8 Å². The monoisotopic (exact) mass is 352 g/mol. The zero-order chi connectivity index (χ0) is 18.8. The standard InChI is InChI=1S/C21H28N4O/c1-14(2)20-22-13-18(17(5)23-20)21(26)25-11-9-24(10-12-25)19-8-6-7-15(3)16(19)4/h6-8,13-14H,9-12H2,1-5H3. The Morgan fingerprint density at radius 1 is 1.08 bits per heavy atom. The Kier molecular flexibility index (Phi) is 5.25. The minimum Gasteiger partial charge on any atom is -0.368 e. The topological polar surface area (TPSA) is 49.3 Å². The number of aryl methyl sites for hydroxylation is 2. The normalized spacial score (nSPS) is 14.8. The lowest BCUT2D eigenvalue weighted by Gasteiger charge is -2.37. The van der Waals surface area contributed by atoms with Crippen LogP contribution in [0.1, 0.15) is 52.8 Å². The third-order valence-electron chi connectivity index (χ3n) is 5.23. The summed E-state index contributed by atoms with van der Waals surface area (Å²) in [6.07, 6.45) is 1.69. The summed E-state index contributed by atoms with van der Waals surface area (Å²) in [6.45, 7) is 13.5. The fraction of sp³-hybridized carbons (Fsp3) is 0.476. The van der Waals surface area contributed by atoms with Gasteiger partial charge in [0, 0.05) is 44.0 Å². The van der Waals surface area contributed by atoms with Crippen molar-refractivity contribution >= 4 is 11.6 Å². The van der Waals surface area contributed by atoms with E-state index in [1.807, 2.05) is 11.8 Å². The molecule has 26 heavy (non-hydrogen) atoms. The lowest BCUT2D eigenvalue weighted by Crippen LogP contribution is -2.49. The van der Waals surface area contributed by atoms with Crippen LogP contribution in [-0.2, 0) is 0 Å². The number of nitrogens with zero attached hydrogens (tertiary/aromatic N) is 4. The molecule has 1 fully saturated rings. The molecule has 2 aromatic rings. The van der Waals surface area contributed by atoms with E-state index in [0.717, 1.165) is 37.7 Å². The maximum atomic E-state index is 12.9. The number of hydrogen-bond acceptors (Lipinski definition) is 4. The maximum Gasteiger partial charge on any atom is 0.257 e. The fourth-order valence-electron chi connectivity index (χ4n) is 3.37. The predicted molar refractivity (Wildman–Crippen MR) is 105 cm³/mol. The largest absolute Gasteiger partial charge is 0.368 e. The van der Waals surface area contributed by atoms with Gasteiger partial charge in [-0.1, -0.05) is 26.0 Å². The van der Waals surface area contributed by atoms with Crippen LogP contribution in [0.4, 0.5) is 5.69 Å². The number of hydrogen-bond donors (Lipinski definition) is 0. The molecule has 0 spiro atoms. The minimum atomic E-state index is 0.0402. The van der Waals surface area contributed by atoms with E-state index in [1.165, 1.54) is 16.8 Å². The van der Waals surface area contributed by atoms with E-state index in [-0.39, 0.29) is 11.8 Å². The number of carbonyl (C=O) groups excluding carboxylic acids is 1. The Hall–Kier alpha value is -2.43. The molecule has 5 nitrogen and oxygen atoms in total. The Bertz CT molecular complexity index is 808. The third kappa shape index (κ3) is 3.57. The number of piperazine rings is 1. The van der Waals surface area contributed by atoms with Crippen LogP contribution in [0.2, 0.25) is 0 Å². The fourth-order valence-corrected chi connectivity index (χ4v) is 3.37. The van der Waals surface area contributed by atoms with Crippen LogP contribution in [-0.4, -0.2) is 47.0 Å². The van der Waals surface area contributed by atoms with E-state index in [0.29, 0.717) is 5.56 Å². The highest BCUT2D eigenvalue weighted by atomic mass is 16.2. The maximum absolute atomic E-state index is 12.9. The van der Waals surface area contributed by atoms with Gasteiger partial charge in [0.1, 0.15) is 5.82 Å². The van der Waals surface area contributed by atoms with Crippen molar-refractivity contribution in [2.45, 2.75) is 40.5 Å². The third-order valence-corrected chi connectivity index (χ3v) is 5.23. The molecule has 0 unspecified atom stereocenters. The predicted octanol–water partition coefficient (Wildman–Crippen LogP) is 3.49. The molecule has 2 heterocycles. The summed E-state index contributed by atoms with van der Waals surface area (Å²) in [5.74, 6) is 1.09. The molecule has 0 bridgehead atoms. The van der Waals surface area contributed by atoms with Crippen molar-refractivity contribution in [1.29, 1.82) is 0 Å². The Morgan fingerprint density at radius 3 is 2.38 bits per heavy atom. The first kappa shape index (κ1) is 18.4. The van der Waals surface area contributed by atoms with Crippen LogP contribution in [0.15, 0.2) is 24.4 Å². The lowest BCUT2D eigenvalue weighted by molar-refractivity contribution is 0.0745. The highest BCUT2D eigenvalue weighted by molar-refractivity contribution is 5.95. The molecule has 1 aromatic carbocycles. The van der Waals surface area contributed by atoms with Crippen molar-refractivity contribution in [1.82, 2.24) is 14.9 Å². The first-order valence-corrected chi connectivity index (χ1v) is 9.32. The second-order valence-electron chi connectivity index (χ2n) is 7.38. The molecule has 1 aliphatic rings. The molecule has 0 radical (unpaired) electrons. The molecule has 1 aromatic heterocycles. The van der Waals surface area contributed by atoms with Gasteiger partial charge < -0.3 is 9.80 Å². The van der Waals surface area contributed by atoms with Crippen LogP contribution in [0.5, 0.6) is 0 Å². The second kappa shape index (κ2) is 7.44. The molecule has 0 saturated carbocycles. The molecule has 0 N–H and O–H groups in total. The average molecular weight is 352 g/mol. The van der Waals surface area contributed by atoms with Crippen molar-refractivity contribution in [3.8, 4) is 0 Å². The zero-order valence-corrected chi connectivity index (χ0v) is 16.4. The minimum absolute atomic E-state index is 0.0402. The molecule has 0 aliphatic carbocycles. The quantitative estimate of drug-likeness (QED) is 0.848. The molecule has 5 heteroatoms. The molecule has 0 atom stereocenters. The van der Waals surface area contributed by atoms with Gasteiger partial charge in [-0.3, -0.25) is 4.79 Å². The molecule has 3 rings (SSSR count). The van der Waals surface area contributed by atoms with Crippen molar-refractivity contribution in [3.63, 3.8) is 0 Å². The molecular formula is C21H28N4O. The number of carbonyl (C=O) groups is 1. The summed E-state index contributed by atoms with van der Waals surface area (Å²) in [4.78, 5) is 26.1. The first-order chi connectivity index (χ1) is 12.4. The highest BCUT2D eigenvalue weighted by Gasteiger charge is 2.25. The number of benzene rings is 1. The number of aromatic nitrogens is 2. The summed E-state index contributed by atoms with van der Waals surface area (Å²) in [7, 11) is 0. The van der Waals surface area contributed by atoms with E-state index in [9.17, 15) is 4.79 Å². The van der Waals surface area contributed by atoms with Crippen molar-refractivity contribution in [2.24, 2.45) is 0 Å². The molecule has 1 amide bonds. The molecule has 1 aliphatic heterocycles. The van der Waals surface area contributed by atoms with Gasteiger partial charge in [0.2, 0.25) is 0 Å². The lowest BCUT2D eigenvalue weighted by atomic mass is 10.1. The SMILES string of the molecule is Cc1cccc(N2CCN(C(=O)c3cnc(C(C)C)nc3C)CC2)c1C. The molecular weight excluding hydrogens is 324 g/mol. The summed E-state index contributed by atoms with van der Waals surface area (Å²) in [5.41, 5.74) is 5.29. The second-order valence-corrected chi connectivity index (χ2v) is 7.38. The van der Waals surface area contributed by atoms with Gasteiger partial charge in [0.15, 0.2) is 0 Å². The summed E-state index contributed by atoms with van der Waals surface area (Å²) < 4.78 is 0. The van der Waals surface area contributed by atoms with Crippen LogP contribution in [0, 0.1) is 20.8 Å². The molecule has 1 saturated heterocycles. The summed E-state index contributed by atoms with van der Waals surface area (Å²) >= 11 is 0. The van der Waals surface area contributed by atoms with Crippen molar-refractivity contribution < 1.29 is 4.79 Å². The van der Waals surface area contributed by atoms with Crippen LogP contribution < -0.4 is 4.90 Å². The summed E-state index contributed by atoms with van der Waals surface area (Å²) in [5, 5.41) is 0. The van der Waals surface area contributed by atoms with Crippen LogP contribution in [0.3, 0.4) is 0 Å². The van der Waals surface area contributed by atoms with Gasteiger partial charge in [-0.15, -0.1) is 0 Å². The van der Waals surface area contributed by atoms with Gasteiger partial charge in [-0.05, 0) is 38.0 Å². The van der Waals surface area contributed by atoms with Crippen LogP contribution >= 0.6 is 0 Å². The van der Waals surface area contributed by atoms with Gasteiger partial charge in [-0.25, -0.2) is 9.97 Å². The number of amides is 1. The first-order valence-electron chi connectivity index (χ1n) is 9.32. The van der Waals surface area contributed by atoms with Gasteiger partial charge in [0.25, 0.3) is 5.91 Å². The van der Waals surface area contributed by atoms with Gasteiger partial charge in [-0.2, -0.15) is 0 Å². The van der Waals surface area contributed by atoms with E-state index in [1.54, 1.807) is 6.20 Å². The smallest absolute Gasteiger partial charge is 0.257 e. The molecule has 138 valence electrons. The Balaban J connectivity index is 1.70. The number of rotatable bonds is 3. The van der Waals surface area contributed by atoms with Crippen molar-refractivity contribution in [2.75, 3.05) is 31.1 Å². The highest BCUT2D eigenvalue weighted by Crippen LogP contribution is 2.24. The zero-order valence-electron chi connectivity index (χ0n) is 16.4. The Morgan fingerprint density at radius 2 is 1.77 bits per heavy atom. The average Bonchev–Trinajstić information content (AvgIpc) is 2.63. The van der Waals surface area contributed by atoms with Gasteiger partial charge in [0.05, 0.1) is 11.3 Å². The van der Waals surface area contributed by atoms with E-state index < -0.39 is 0 Å². The van der Waals surface area contributed by atoms with Gasteiger partial charge >= 0.3 is 0 Å².